The van der Waals surface area contributed by atoms with Gasteiger partial charge in [-0.05, 0) is 34.7 Å². The number of nitrogens with one attached hydrogen (secondary N) is 1. The summed E-state index contributed by atoms with van der Waals surface area (Å²) in [4.78, 5) is 1.42. The number of rotatable bonds is 6. The number of halogens is 1. The van der Waals surface area contributed by atoms with Crippen LogP contribution in [0.25, 0.3) is 0 Å². The average Bonchev–Trinajstić information content (AvgIpc) is 3.04. The number of nitrogens with zero attached hydrogens (tertiary/aromatic N) is 4. The number of tetrazole rings is 1. The smallest absolute Gasteiger partial charge is 0.214 e. The second-order valence-electron chi connectivity index (χ2n) is 5.51. The Balaban J connectivity index is 1.94. The molecule has 8 heteroatoms. The van der Waals surface area contributed by atoms with Gasteiger partial charge in [-0.25, -0.2) is 9.07 Å². The standard InChI is InChI=1S/C15H20FN5OS/c1-22-9-6-21-15(17-18-19-21)14(20-7-10-23-11-8-20)12-2-4-13(16)5-3-12/h2-5,14H,6-11H2,1H3/p+1/t14-/m0/s1. The minimum Gasteiger partial charge on any atom is -0.383 e. The van der Waals surface area contributed by atoms with E-state index in [0.29, 0.717) is 13.2 Å². The van der Waals surface area contributed by atoms with Crippen LogP contribution >= 0.6 is 11.8 Å². The first-order chi connectivity index (χ1) is 11.3. The molecule has 0 saturated carbocycles. The Labute approximate surface area is 139 Å². The van der Waals surface area contributed by atoms with Gasteiger partial charge in [-0.1, -0.05) is 0 Å². The van der Waals surface area contributed by atoms with Crippen molar-refractivity contribution in [3.05, 3.63) is 41.5 Å². The van der Waals surface area contributed by atoms with Gasteiger partial charge >= 0.3 is 0 Å². The summed E-state index contributed by atoms with van der Waals surface area (Å²) in [5.74, 6) is 2.82. The molecule has 1 fully saturated rings. The van der Waals surface area contributed by atoms with Crippen LogP contribution in [0, 0.1) is 5.82 Å². The van der Waals surface area contributed by atoms with Gasteiger partial charge in [-0.2, -0.15) is 11.8 Å². The van der Waals surface area contributed by atoms with E-state index in [1.165, 1.54) is 17.0 Å². The maximum absolute atomic E-state index is 13.3. The zero-order valence-electron chi connectivity index (χ0n) is 13.1. The second-order valence-corrected chi connectivity index (χ2v) is 6.73. The Morgan fingerprint density at radius 3 is 2.74 bits per heavy atom. The number of hydrogen-bond donors (Lipinski definition) is 1. The zero-order valence-corrected chi connectivity index (χ0v) is 13.9. The van der Waals surface area contributed by atoms with E-state index in [2.05, 4.69) is 15.5 Å². The molecule has 1 aromatic heterocycles. The third-order valence-electron chi connectivity index (χ3n) is 4.07. The molecule has 1 N–H and O–H groups in total. The largest absolute Gasteiger partial charge is 0.383 e. The average molecular weight is 338 g/mol. The molecule has 1 aliphatic rings. The molecule has 1 atom stereocenters. The van der Waals surface area contributed by atoms with Crippen LogP contribution < -0.4 is 4.90 Å². The molecule has 6 nitrogen and oxygen atoms in total. The van der Waals surface area contributed by atoms with E-state index in [0.717, 1.165) is 36.0 Å². The lowest BCUT2D eigenvalue weighted by Crippen LogP contribution is -3.14. The molecule has 0 unspecified atom stereocenters. The van der Waals surface area contributed by atoms with Crippen LogP contribution in [-0.4, -0.2) is 58.5 Å². The highest BCUT2D eigenvalue weighted by Gasteiger charge is 2.32. The van der Waals surface area contributed by atoms with E-state index >= 15 is 0 Å². The van der Waals surface area contributed by atoms with Crippen LogP contribution in [0.4, 0.5) is 4.39 Å². The van der Waals surface area contributed by atoms with Crippen LogP contribution in [0.3, 0.4) is 0 Å². The summed E-state index contributed by atoms with van der Waals surface area (Å²) in [6, 6.07) is 6.70. The quantitative estimate of drug-likeness (QED) is 0.814. The predicted octanol–water partition coefficient (Wildman–Crippen LogP) is 0.180. The maximum Gasteiger partial charge on any atom is 0.214 e. The number of ether oxygens (including phenoxy) is 1. The molecule has 2 aromatic rings. The number of thioether (sulfide) groups is 1. The molecule has 0 aliphatic carbocycles. The van der Waals surface area contributed by atoms with Crippen LogP contribution in [0.1, 0.15) is 17.4 Å². The first-order valence-corrected chi connectivity index (χ1v) is 8.88. The minimum atomic E-state index is -0.226. The molecule has 0 radical (unpaired) electrons. The van der Waals surface area contributed by atoms with Gasteiger partial charge in [0.25, 0.3) is 0 Å². The van der Waals surface area contributed by atoms with Gasteiger partial charge in [0.1, 0.15) is 5.82 Å². The zero-order chi connectivity index (χ0) is 16.1. The van der Waals surface area contributed by atoms with E-state index in [-0.39, 0.29) is 11.9 Å². The van der Waals surface area contributed by atoms with E-state index in [1.54, 1.807) is 11.8 Å². The van der Waals surface area contributed by atoms with Crippen molar-refractivity contribution >= 4 is 11.8 Å². The molecular weight excluding hydrogens is 317 g/mol. The van der Waals surface area contributed by atoms with Gasteiger partial charge in [-0.15, -0.1) is 5.10 Å². The van der Waals surface area contributed by atoms with Crippen molar-refractivity contribution < 1.29 is 14.0 Å². The van der Waals surface area contributed by atoms with E-state index in [9.17, 15) is 4.39 Å². The predicted molar refractivity (Wildman–Crippen MR) is 86.0 cm³/mol. The van der Waals surface area contributed by atoms with Gasteiger partial charge in [0.15, 0.2) is 6.04 Å². The number of aromatic nitrogens is 4. The summed E-state index contributed by atoms with van der Waals surface area (Å²) in [5, 5.41) is 12.2. The third-order valence-corrected chi connectivity index (χ3v) is 5.06. The molecule has 1 saturated heterocycles. The fourth-order valence-corrected chi connectivity index (χ4v) is 3.92. The van der Waals surface area contributed by atoms with Crippen molar-refractivity contribution in [2.75, 3.05) is 38.3 Å². The second kappa shape index (κ2) is 7.85. The molecule has 1 aromatic carbocycles. The van der Waals surface area contributed by atoms with Crippen LogP contribution in [0.5, 0.6) is 0 Å². The summed E-state index contributed by atoms with van der Waals surface area (Å²) in [6.07, 6.45) is 0. The SMILES string of the molecule is COCCn1nnnc1[C@H](c1ccc(F)cc1)[NH+]1CCSCC1. The summed E-state index contributed by atoms with van der Waals surface area (Å²) < 4.78 is 20.2. The van der Waals surface area contributed by atoms with Crippen molar-refractivity contribution in [3.63, 3.8) is 0 Å². The van der Waals surface area contributed by atoms with Crippen LogP contribution in [0.15, 0.2) is 24.3 Å². The Morgan fingerprint density at radius 1 is 1.30 bits per heavy atom. The number of hydrogen-bond acceptors (Lipinski definition) is 5. The molecule has 3 rings (SSSR count). The van der Waals surface area contributed by atoms with Gasteiger partial charge < -0.3 is 9.64 Å². The third kappa shape index (κ3) is 3.88. The van der Waals surface area contributed by atoms with Crippen molar-refractivity contribution in [3.8, 4) is 0 Å². The highest BCUT2D eigenvalue weighted by molar-refractivity contribution is 7.99. The lowest BCUT2D eigenvalue weighted by Gasteiger charge is -2.30. The molecule has 0 bridgehead atoms. The molecular formula is C15H21FN5OS+. The summed E-state index contributed by atoms with van der Waals surface area (Å²) in [5.41, 5.74) is 1.04. The molecule has 2 heterocycles. The Morgan fingerprint density at radius 2 is 2.04 bits per heavy atom. The first kappa shape index (κ1) is 16.4. The van der Waals surface area contributed by atoms with Crippen molar-refractivity contribution in [2.24, 2.45) is 0 Å². The first-order valence-electron chi connectivity index (χ1n) is 7.72. The molecule has 0 spiro atoms. The molecule has 1 aliphatic heterocycles. The normalized spacial score (nSPS) is 17.3. The highest BCUT2D eigenvalue weighted by atomic mass is 32.2. The van der Waals surface area contributed by atoms with Gasteiger partial charge in [0.05, 0.1) is 26.2 Å². The lowest BCUT2D eigenvalue weighted by atomic mass is 10.0. The van der Waals surface area contributed by atoms with Gasteiger partial charge in [-0.3, -0.25) is 0 Å². The summed E-state index contributed by atoms with van der Waals surface area (Å²) in [7, 11) is 1.66. The molecule has 124 valence electrons. The van der Waals surface area contributed by atoms with Gasteiger partial charge in [0.2, 0.25) is 5.82 Å². The maximum atomic E-state index is 13.3. The lowest BCUT2D eigenvalue weighted by molar-refractivity contribution is -0.922. The van der Waals surface area contributed by atoms with Gasteiger partial charge in [0, 0.05) is 24.2 Å². The Kier molecular flexibility index (Phi) is 5.58. The summed E-state index contributed by atoms with van der Waals surface area (Å²) >= 11 is 1.97. The highest BCUT2D eigenvalue weighted by Crippen LogP contribution is 2.18. The number of benzene rings is 1. The van der Waals surface area contributed by atoms with Crippen molar-refractivity contribution in [1.82, 2.24) is 20.2 Å². The fourth-order valence-electron chi connectivity index (χ4n) is 2.90. The molecule has 23 heavy (non-hydrogen) atoms. The van der Waals surface area contributed by atoms with Crippen LogP contribution in [0.2, 0.25) is 0 Å². The van der Waals surface area contributed by atoms with Crippen LogP contribution in [-0.2, 0) is 11.3 Å². The summed E-state index contributed by atoms with van der Waals surface area (Å²) in [6.45, 7) is 3.26. The minimum absolute atomic E-state index is 0.0170. The fraction of sp³-hybridized carbons (Fsp3) is 0.533. The van der Waals surface area contributed by atoms with E-state index in [1.807, 2.05) is 23.9 Å². The van der Waals surface area contributed by atoms with Crippen molar-refractivity contribution in [1.29, 1.82) is 0 Å². The van der Waals surface area contributed by atoms with E-state index in [4.69, 9.17) is 4.74 Å². The van der Waals surface area contributed by atoms with E-state index < -0.39 is 0 Å². The Bertz CT molecular complexity index is 615. The van der Waals surface area contributed by atoms with Crippen molar-refractivity contribution in [2.45, 2.75) is 12.6 Å². The molecule has 0 amide bonds. The topological polar surface area (TPSA) is 57.3 Å². The Hall–Kier alpha value is -1.51. The monoisotopic (exact) mass is 338 g/mol. The number of methoxy groups -OCH3 is 1. The number of quaternary nitrogens is 1.